The summed E-state index contributed by atoms with van der Waals surface area (Å²) in [5.41, 5.74) is 4.03. The summed E-state index contributed by atoms with van der Waals surface area (Å²) in [4.78, 5) is 21.1. The van der Waals surface area contributed by atoms with E-state index < -0.39 is 13.7 Å². The highest BCUT2D eigenvalue weighted by atomic mass is 28.3. The molecule has 1 saturated heterocycles. The summed E-state index contributed by atoms with van der Waals surface area (Å²) < 4.78 is 9.15. The van der Waals surface area contributed by atoms with Gasteiger partial charge in [-0.2, -0.15) is 10.4 Å². The molecule has 1 amide bonds. The Kier molecular flexibility index (Phi) is 7.09. The van der Waals surface area contributed by atoms with Crippen molar-refractivity contribution in [1.29, 1.82) is 5.26 Å². The van der Waals surface area contributed by atoms with Crippen LogP contribution in [-0.2, 0) is 10.9 Å². The second-order valence-corrected chi connectivity index (χ2v) is 17.8. The molecule has 5 rings (SSSR count). The minimum absolute atomic E-state index is 0.283. The number of anilines is 1. The average molecular weight is 558 g/mol. The number of pyridine rings is 2. The average Bonchev–Trinajstić information content (AvgIpc) is 3.53. The number of nitriles is 1. The topological polar surface area (TPSA) is 117 Å². The fraction of sp³-hybridized carbons (Fsp3) is 0.429. The van der Waals surface area contributed by atoms with Gasteiger partial charge in [0.15, 0.2) is 0 Å². The minimum Gasteiger partial charge on any atom is -0.444 e. The van der Waals surface area contributed by atoms with Crippen molar-refractivity contribution in [2.45, 2.75) is 52.2 Å². The summed E-state index contributed by atoms with van der Waals surface area (Å²) in [6.07, 6.45) is 7.85. The molecule has 40 heavy (non-hydrogen) atoms. The Bertz CT molecular complexity index is 1560. The minimum atomic E-state index is -1.36. The largest absolute Gasteiger partial charge is 0.444 e. The van der Waals surface area contributed by atoms with Gasteiger partial charge >= 0.3 is 6.09 Å². The number of rotatable bonds is 5. The number of ether oxygens (including phenoxy) is 1. The molecule has 0 saturated carbocycles. The second-order valence-electron chi connectivity index (χ2n) is 12.3. The van der Waals surface area contributed by atoms with Crippen molar-refractivity contribution >= 4 is 25.5 Å². The number of carbonyl (C=O) groups excluding carboxylic acids is 1. The zero-order valence-corrected chi connectivity index (χ0v) is 24.9. The van der Waals surface area contributed by atoms with E-state index in [1.807, 2.05) is 62.2 Å². The van der Waals surface area contributed by atoms with Crippen LogP contribution in [0.3, 0.4) is 0 Å². The molecule has 0 bridgehead atoms. The lowest BCUT2D eigenvalue weighted by atomic mass is 10.0. The fourth-order valence-corrected chi connectivity index (χ4v) is 5.86. The van der Waals surface area contributed by atoms with E-state index in [1.54, 1.807) is 15.6 Å². The molecule has 0 radical (unpaired) electrons. The van der Waals surface area contributed by atoms with E-state index in [1.165, 1.54) is 0 Å². The lowest BCUT2D eigenvalue weighted by molar-refractivity contribution is 0.0240. The van der Waals surface area contributed by atoms with Crippen molar-refractivity contribution in [3.8, 4) is 28.5 Å². The van der Waals surface area contributed by atoms with Crippen LogP contribution in [0.1, 0.15) is 26.3 Å². The molecule has 4 aromatic rings. The summed E-state index contributed by atoms with van der Waals surface area (Å²) in [7, 11) is -1.36. The molecule has 0 spiro atoms. The molecule has 0 atom stereocenters. The molecule has 4 aromatic heterocycles. The molecular formula is C28H35N9O2Si. The van der Waals surface area contributed by atoms with Crippen LogP contribution >= 0.6 is 0 Å². The van der Waals surface area contributed by atoms with Gasteiger partial charge < -0.3 is 14.5 Å². The van der Waals surface area contributed by atoms with Gasteiger partial charge in [-0.3, -0.25) is 4.68 Å². The molecule has 1 fully saturated rings. The molecule has 11 nitrogen and oxygen atoms in total. The Hall–Kier alpha value is -4.24. The number of hydrogen-bond donors (Lipinski definition) is 0. The number of carbonyl (C=O) groups is 1. The maximum absolute atomic E-state index is 12.4. The quantitative estimate of drug-likeness (QED) is 0.330. The van der Waals surface area contributed by atoms with E-state index in [9.17, 15) is 10.1 Å². The number of hydrogen-bond acceptors (Lipinski definition) is 8. The number of amides is 1. The Morgan fingerprint density at radius 2 is 1.82 bits per heavy atom. The molecule has 0 aromatic carbocycles. The molecule has 208 valence electrons. The van der Waals surface area contributed by atoms with Crippen molar-refractivity contribution in [3.63, 3.8) is 0 Å². The number of nitrogens with zero attached hydrogens (tertiary/aromatic N) is 9. The van der Waals surface area contributed by atoms with Gasteiger partial charge in [-0.1, -0.05) is 24.9 Å². The first-order valence-corrected chi connectivity index (χ1v) is 17.1. The Morgan fingerprint density at radius 1 is 1.07 bits per heavy atom. The van der Waals surface area contributed by atoms with Crippen molar-refractivity contribution in [2.75, 3.05) is 31.1 Å². The third-order valence-corrected chi connectivity index (χ3v) is 7.79. The standard InChI is InChI=1S/C28H35N9O2Si/c1-28(2,3)39-27(38)35-11-9-34(10-12-35)25-8-7-20(15-30-25)23-13-21(17-37-26(23)22(14-29)16-31-37)24-18-36(33-32-24)19-40(4,5)6/h7-8,13,15-18H,9-12,19H2,1-6H3. The van der Waals surface area contributed by atoms with E-state index in [4.69, 9.17) is 9.72 Å². The molecule has 1 aliphatic rings. The predicted molar refractivity (Wildman–Crippen MR) is 156 cm³/mol. The summed E-state index contributed by atoms with van der Waals surface area (Å²) in [5.74, 6) is 0.836. The van der Waals surface area contributed by atoms with E-state index in [0.29, 0.717) is 31.7 Å². The summed E-state index contributed by atoms with van der Waals surface area (Å²) in [6, 6.07) is 8.27. The third-order valence-electron chi connectivity index (χ3n) is 6.52. The van der Waals surface area contributed by atoms with Crippen molar-refractivity contribution in [1.82, 2.24) is 34.5 Å². The van der Waals surface area contributed by atoms with Crippen LogP contribution in [0, 0.1) is 11.3 Å². The molecule has 0 N–H and O–H groups in total. The third kappa shape index (κ3) is 5.99. The van der Waals surface area contributed by atoms with Crippen LogP contribution in [0.2, 0.25) is 19.6 Å². The predicted octanol–water partition coefficient (Wildman–Crippen LogP) is 4.46. The summed E-state index contributed by atoms with van der Waals surface area (Å²) >= 11 is 0. The monoisotopic (exact) mass is 557 g/mol. The van der Waals surface area contributed by atoms with Crippen LogP contribution in [-0.4, -0.2) is 80.4 Å². The first-order valence-electron chi connectivity index (χ1n) is 13.4. The zero-order chi connectivity index (χ0) is 28.7. The van der Waals surface area contributed by atoms with Crippen LogP contribution < -0.4 is 4.90 Å². The van der Waals surface area contributed by atoms with Crippen LogP contribution in [0.5, 0.6) is 0 Å². The maximum atomic E-state index is 12.4. The van der Waals surface area contributed by atoms with Crippen molar-refractivity contribution < 1.29 is 9.53 Å². The molecule has 1 aliphatic heterocycles. The second kappa shape index (κ2) is 10.4. The number of piperazine rings is 1. The Balaban J connectivity index is 1.40. The Morgan fingerprint density at radius 3 is 2.45 bits per heavy atom. The van der Waals surface area contributed by atoms with Gasteiger partial charge in [0.1, 0.15) is 23.2 Å². The fourth-order valence-electron chi connectivity index (χ4n) is 4.73. The van der Waals surface area contributed by atoms with E-state index in [-0.39, 0.29) is 6.09 Å². The molecule has 0 unspecified atom stereocenters. The lowest BCUT2D eigenvalue weighted by Gasteiger charge is -2.36. The summed E-state index contributed by atoms with van der Waals surface area (Å²) in [6.45, 7) is 15.0. The van der Waals surface area contributed by atoms with E-state index in [2.05, 4.69) is 46.0 Å². The Labute approximate surface area is 235 Å². The molecular weight excluding hydrogens is 522 g/mol. The van der Waals surface area contributed by atoms with Crippen molar-refractivity contribution in [3.05, 3.63) is 48.5 Å². The lowest BCUT2D eigenvalue weighted by Crippen LogP contribution is -2.50. The normalized spacial score (nSPS) is 14.4. The van der Waals surface area contributed by atoms with Gasteiger partial charge in [0.2, 0.25) is 0 Å². The molecule has 12 heteroatoms. The van der Waals surface area contributed by atoms with E-state index >= 15 is 0 Å². The highest BCUT2D eigenvalue weighted by molar-refractivity contribution is 6.74. The number of fused-ring (bicyclic) bond motifs is 1. The first kappa shape index (κ1) is 27.3. The number of aromatic nitrogens is 6. The highest BCUT2D eigenvalue weighted by Gasteiger charge is 2.26. The smallest absolute Gasteiger partial charge is 0.410 e. The van der Waals surface area contributed by atoms with Gasteiger partial charge in [0.25, 0.3) is 0 Å². The van der Waals surface area contributed by atoms with Crippen LogP contribution in [0.15, 0.2) is 43.0 Å². The van der Waals surface area contributed by atoms with E-state index in [0.717, 1.165) is 39.9 Å². The SMILES string of the molecule is CC(C)(C)OC(=O)N1CCN(c2ccc(-c3cc(-c4cn(C[Si](C)(C)C)nn4)cn4ncc(C#N)c34)cn2)CC1. The van der Waals surface area contributed by atoms with Gasteiger partial charge in [-0.05, 0) is 39.0 Å². The first-order chi connectivity index (χ1) is 18.9. The van der Waals surface area contributed by atoms with Gasteiger partial charge in [-0.15, -0.1) is 5.10 Å². The van der Waals surface area contributed by atoms with Crippen LogP contribution in [0.4, 0.5) is 10.6 Å². The zero-order valence-electron chi connectivity index (χ0n) is 23.9. The van der Waals surface area contributed by atoms with Gasteiger partial charge in [0, 0.05) is 61.4 Å². The van der Waals surface area contributed by atoms with Gasteiger partial charge in [-0.25, -0.2) is 14.3 Å². The van der Waals surface area contributed by atoms with Crippen molar-refractivity contribution in [2.24, 2.45) is 0 Å². The maximum Gasteiger partial charge on any atom is 0.410 e. The molecule has 5 heterocycles. The van der Waals surface area contributed by atoms with Gasteiger partial charge in [0.05, 0.1) is 31.5 Å². The summed E-state index contributed by atoms with van der Waals surface area (Å²) in [5, 5.41) is 23.0. The van der Waals surface area contributed by atoms with Crippen LogP contribution in [0.25, 0.3) is 27.9 Å². The molecule has 0 aliphatic carbocycles. The highest BCUT2D eigenvalue weighted by Crippen LogP contribution is 2.32.